The Morgan fingerprint density at radius 2 is 1.72 bits per heavy atom. The summed E-state index contributed by atoms with van der Waals surface area (Å²) in [6.45, 7) is 7.92. The van der Waals surface area contributed by atoms with Gasteiger partial charge in [0.05, 0.1) is 17.1 Å². The monoisotopic (exact) mass is 407 g/mol. The summed E-state index contributed by atoms with van der Waals surface area (Å²) in [5.41, 5.74) is 4.49. The van der Waals surface area contributed by atoms with Crippen LogP contribution in [0.1, 0.15) is 41.2 Å². The molecule has 1 heterocycles. The number of hydrogen-bond acceptors (Lipinski definition) is 4. The van der Waals surface area contributed by atoms with Gasteiger partial charge in [-0.3, -0.25) is 9.69 Å². The van der Waals surface area contributed by atoms with Gasteiger partial charge in [0.1, 0.15) is 0 Å². The Kier molecular flexibility index (Phi) is 7.96. The van der Waals surface area contributed by atoms with Gasteiger partial charge in [-0.25, -0.2) is 4.98 Å². The van der Waals surface area contributed by atoms with Crippen molar-refractivity contribution in [3.05, 3.63) is 87.4 Å². The lowest BCUT2D eigenvalue weighted by Gasteiger charge is -2.18. The van der Waals surface area contributed by atoms with Gasteiger partial charge in [0, 0.05) is 24.9 Å². The molecule has 0 aliphatic rings. The number of aromatic nitrogens is 1. The number of thiazole rings is 1. The summed E-state index contributed by atoms with van der Waals surface area (Å²) in [6.07, 6.45) is 1.14. The lowest BCUT2D eigenvalue weighted by molar-refractivity contribution is -0.120. The molecule has 1 N–H and O–H groups in total. The maximum absolute atomic E-state index is 12.4. The van der Waals surface area contributed by atoms with E-state index >= 15 is 0 Å². The molecule has 0 radical (unpaired) electrons. The summed E-state index contributed by atoms with van der Waals surface area (Å²) >= 11 is 1.62. The molecule has 5 heteroatoms. The van der Waals surface area contributed by atoms with Crippen LogP contribution in [0.15, 0.2) is 60.0 Å². The van der Waals surface area contributed by atoms with E-state index in [1.165, 1.54) is 11.1 Å². The highest BCUT2D eigenvalue weighted by molar-refractivity contribution is 7.09. The van der Waals surface area contributed by atoms with Gasteiger partial charge in [0.2, 0.25) is 5.91 Å². The highest BCUT2D eigenvalue weighted by Crippen LogP contribution is 2.15. The van der Waals surface area contributed by atoms with Gasteiger partial charge in [0.15, 0.2) is 0 Å². The van der Waals surface area contributed by atoms with E-state index in [4.69, 9.17) is 0 Å². The second-order valence-corrected chi connectivity index (χ2v) is 8.07. The highest BCUT2D eigenvalue weighted by Gasteiger charge is 2.09. The van der Waals surface area contributed by atoms with Crippen LogP contribution in [-0.2, 0) is 30.7 Å². The molecule has 29 heavy (non-hydrogen) atoms. The molecule has 0 aliphatic heterocycles. The van der Waals surface area contributed by atoms with E-state index in [1.54, 1.807) is 11.3 Å². The van der Waals surface area contributed by atoms with Crippen molar-refractivity contribution in [2.24, 2.45) is 0 Å². The number of rotatable bonds is 10. The van der Waals surface area contributed by atoms with Crippen LogP contribution < -0.4 is 5.32 Å². The Hall–Kier alpha value is -2.50. The van der Waals surface area contributed by atoms with Crippen molar-refractivity contribution in [1.29, 1.82) is 0 Å². The zero-order valence-corrected chi connectivity index (χ0v) is 18.0. The topological polar surface area (TPSA) is 45.2 Å². The Morgan fingerprint density at radius 1 is 1.00 bits per heavy atom. The Morgan fingerprint density at radius 3 is 2.48 bits per heavy atom. The van der Waals surface area contributed by atoms with Gasteiger partial charge in [-0.15, -0.1) is 11.3 Å². The smallest absolute Gasteiger partial charge is 0.226 e. The summed E-state index contributed by atoms with van der Waals surface area (Å²) in [6, 6.07) is 18.7. The molecular weight excluding hydrogens is 378 g/mol. The molecule has 3 aromatic rings. The average Bonchev–Trinajstić information content (AvgIpc) is 3.18. The van der Waals surface area contributed by atoms with Crippen molar-refractivity contribution < 1.29 is 4.79 Å². The minimum absolute atomic E-state index is 0.00991. The van der Waals surface area contributed by atoms with Crippen LogP contribution >= 0.6 is 11.3 Å². The quantitative estimate of drug-likeness (QED) is 0.541. The first kappa shape index (κ1) is 21.2. The van der Waals surface area contributed by atoms with E-state index in [0.717, 1.165) is 42.3 Å². The number of carbonyl (C=O) groups excluding carboxylic acids is 1. The molecule has 0 spiro atoms. The van der Waals surface area contributed by atoms with E-state index in [0.29, 0.717) is 13.0 Å². The number of amides is 1. The van der Waals surface area contributed by atoms with Crippen LogP contribution in [0, 0.1) is 0 Å². The van der Waals surface area contributed by atoms with Crippen molar-refractivity contribution in [2.75, 3.05) is 13.1 Å². The number of nitrogens with one attached hydrogen (secondary N) is 1. The van der Waals surface area contributed by atoms with Gasteiger partial charge in [-0.2, -0.15) is 0 Å². The molecule has 2 aromatic carbocycles. The van der Waals surface area contributed by atoms with Gasteiger partial charge < -0.3 is 5.32 Å². The van der Waals surface area contributed by atoms with Crippen molar-refractivity contribution in [1.82, 2.24) is 15.2 Å². The molecule has 0 saturated heterocycles. The molecule has 1 amide bonds. The highest BCUT2D eigenvalue weighted by atomic mass is 32.1. The SMILES string of the molecule is CCN(CC)Cc1cccc(CNC(=O)Cc2csc(Cc3ccccc3)n2)c1. The second kappa shape index (κ2) is 10.9. The van der Waals surface area contributed by atoms with E-state index < -0.39 is 0 Å². The van der Waals surface area contributed by atoms with Crippen LogP contribution in [0.2, 0.25) is 0 Å². The van der Waals surface area contributed by atoms with Crippen molar-refractivity contribution >= 4 is 17.2 Å². The van der Waals surface area contributed by atoms with Crippen LogP contribution in [-0.4, -0.2) is 28.9 Å². The van der Waals surface area contributed by atoms with Crippen molar-refractivity contribution in [2.45, 2.75) is 39.8 Å². The first-order valence-corrected chi connectivity index (χ1v) is 11.1. The minimum atomic E-state index is 0.00991. The standard InChI is InChI=1S/C24H29N3OS/c1-3-27(4-2)17-21-12-8-11-20(13-21)16-25-23(28)15-22-18-29-24(26-22)14-19-9-6-5-7-10-19/h5-13,18H,3-4,14-17H2,1-2H3,(H,25,28). The Balaban J connectivity index is 1.49. The molecule has 4 nitrogen and oxygen atoms in total. The third-order valence-electron chi connectivity index (χ3n) is 4.92. The van der Waals surface area contributed by atoms with Crippen LogP contribution in [0.4, 0.5) is 0 Å². The Labute approximate surface area is 177 Å². The molecule has 0 unspecified atom stereocenters. The summed E-state index contributed by atoms with van der Waals surface area (Å²) in [5.74, 6) is 0.00991. The van der Waals surface area contributed by atoms with Gasteiger partial charge in [-0.05, 0) is 29.8 Å². The first-order valence-electron chi connectivity index (χ1n) is 10.2. The zero-order chi connectivity index (χ0) is 20.5. The van der Waals surface area contributed by atoms with Crippen LogP contribution in [0.3, 0.4) is 0 Å². The van der Waals surface area contributed by atoms with E-state index in [9.17, 15) is 4.79 Å². The Bertz CT molecular complexity index is 903. The lowest BCUT2D eigenvalue weighted by atomic mass is 10.1. The predicted molar refractivity (Wildman–Crippen MR) is 120 cm³/mol. The molecule has 0 fully saturated rings. The third-order valence-corrected chi connectivity index (χ3v) is 5.82. The van der Waals surface area contributed by atoms with E-state index in [-0.39, 0.29) is 5.91 Å². The summed E-state index contributed by atoms with van der Waals surface area (Å²) in [5, 5.41) is 6.06. The molecule has 3 rings (SSSR count). The molecule has 152 valence electrons. The molecule has 0 atom stereocenters. The number of nitrogens with zero attached hydrogens (tertiary/aromatic N) is 2. The van der Waals surface area contributed by atoms with Gasteiger partial charge in [0.25, 0.3) is 0 Å². The fraction of sp³-hybridized carbons (Fsp3) is 0.333. The molecule has 0 bridgehead atoms. The normalized spacial score (nSPS) is 11.0. The van der Waals surface area contributed by atoms with Crippen molar-refractivity contribution in [3.8, 4) is 0 Å². The fourth-order valence-electron chi connectivity index (χ4n) is 3.25. The molecule has 1 aromatic heterocycles. The summed E-state index contributed by atoms with van der Waals surface area (Å²) in [4.78, 5) is 19.4. The molecule has 0 aliphatic carbocycles. The maximum Gasteiger partial charge on any atom is 0.226 e. The first-order chi connectivity index (χ1) is 14.2. The van der Waals surface area contributed by atoms with Crippen LogP contribution in [0.5, 0.6) is 0 Å². The lowest BCUT2D eigenvalue weighted by Crippen LogP contribution is -2.25. The van der Waals surface area contributed by atoms with Crippen molar-refractivity contribution in [3.63, 3.8) is 0 Å². The largest absolute Gasteiger partial charge is 0.352 e. The number of carbonyl (C=O) groups is 1. The minimum Gasteiger partial charge on any atom is -0.352 e. The predicted octanol–water partition coefficient (Wildman–Crippen LogP) is 4.43. The molecular formula is C24H29N3OS. The van der Waals surface area contributed by atoms with Crippen LogP contribution in [0.25, 0.3) is 0 Å². The zero-order valence-electron chi connectivity index (χ0n) is 17.2. The average molecular weight is 408 g/mol. The molecule has 0 saturated carbocycles. The van der Waals surface area contributed by atoms with E-state index in [2.05, 4.69) is 65.4 Å². The second-order valence-electron chi connectivity index (χ2n) is 7.13. The number of benzene rings is 2. The van der Waals surface area contributed by atoms with Gasteiger partial charge >= 0.3 is 0 Å². The maximum atomic E-state index is 12.4. The number of hydrogen-bond donors (Lipinski definition) is 1. The summed E-state index contributed by atoms with van der Waals surface area (Å²) in [7, 11) is 0. The fourth-order valence-corrected chi connectivity index (χ4v) is 4.08. The summed E-state index contributed by atoms with van der Waals surface area (Å²) < 4.78 is 0. The van der Waals surface area contributed by atoms with E-state index in [1.807, 2.05) is 23.6 Å². The van der Waals surface area contributed by atoms with Gasteiger partial charge in [-0.1, -0.05) is 68.4 Å². The third kappa shape index (κ3) is 6.80.